The quantitative estimate of drug-likeness (QED) is 0.672. The van der Waals surface area contributed by atoms with Gasteiger partial charge in [0, 0.05) is 36.0 Å². The van der Waals surface area contributed by atoms with Crippen LogP contribution in [0.2, 0.25) is 0 Å². The number of rotatable bonds is 4. The Morgan fingerprint density at radius 3 is 2.94 bits per heavy atom. The van der Waals surface area contributed by atoms with E-state index >= 15 is 0 Å². The molecule has 9 heteroatoms. The van der Waals surface area contributed by atoms with E-state index in [-0.39, 0.29) is 23.6 Å². The second-order valence-corrected chi connectivity index (χ2v) is 9.62. The van der Waals surface area contributed by atoms with Gasteiger partial charge in [-0.3, -0.25) is 14.2 Å². The molecule has 2 atom stereocenters. The number of fused-ring (bicyclic) bond motifs is 2. The maximum atomic E-state index is 13.1. The predicted molar refractivity (Wildman–Crippen MR) is 117 cm³/mol. The first-order chi connectivity index (χ1) is 15.0. The largest absolute Gasteiger partial charge is 0.472 e. The monoisotopic (exact) mass is 441 g/mol. The van der Waals surface area contributed by atoms with Crippen molar-refractivity contribution in [3.8, 4) is 5.88 Å². The lowest BCUT2D eigenvalue weighted by atomic mass is 10.1. The number of thioether (sulfide) groups is 1. The zero-order valence-corrected chi connectivity index (χ0v) is 18.8. The average molecular weight is 442 g/mol. The molecule has 2 unspecified atom stereocenters. The number of amides is 1. The van der Waals surface area contributed by atoms with Gasteiger partial charge in [-0.15, -0.1) is 0 Å². The number of ether oxygens (including phenoxy) is 1. The van der Waals surface area contributed by atoms with Crippen molar-refractivity contribution in [3.63, 3.8) is 0 Å². The smallest absolute Gasteiger partial charge is 0.257 e. The summed E-state index contributed by atoms with van der Waals surface area (Å²) in [5.74, 6) is 2.05. The Morgan fingerprint density at radius 1 is 1.23 bits per heavy atom. The molecule has 1 aliphatic carbocycles. The van der Waals surface area contributed by atoms with Crippen LogP contribution in [-0.2, 0) is 17.6 Å². The molecule has 5 rings (SSSR count). The molecule has 1 saturated heterocycles. The summed E-state index contributed by atoms with van der Waals surface area (Å²) >= 11 is 1.59. The Morgan fingerprint density at radius 2 is 2.10 bits per heavy atom. The van der Waals surface area contributed by atoms with E-state index in [0.29, 0.717) is 24.7 Å². The molecule has 0 saturated carbocycles. The van der Waals surface area contributed by atoms with Gasteiger partial charge in [0.1, 0.15) is 11.9 Å². The minimum atomic E-state index is -0.119. The first-order valence-electron chi connectivity index (χ1n) is 11.0. The molecule has 0 N–H and O–H groups in total. The summed E-state index contributed by atoms with van der Waals surface area (Å²) in [5, 5.41) is 0.776. The minimum absolute atomic E-state index is 0.0645. The third-order valence-corrected chi connectivity index (χ3v) is 7.34. The highest BCUT2D eigenvalue weighted by atomic mass is 32.2. The fraction of sp³-hybridized carbons (Fsp3) is 0.591. The van der Waals surface area contributed by atoms with Gasteiger partial charge in [0.2, 0.25) is 11.8 Å². The van der Waals surface area contributed by atoms with Crippen LogP contribution in [0.5, 0.6) is 5.88 Å². The highest BCUT2D eigenvalue weighted by molar-refractivity contribution is 7.99. The molecule has 0 spiro atoms. The van der Waals surface area contributed by atoms with Crippen molar-refractivity contribution in [2.24, 2.45) is 0 Å². The second kappa shape index (κ2) is 8.26. The van der Waals surface area contributed by atoms with Gasteiger partial charge in [-0.05, 0) is 46.0 Å². The topological polar surface area (TPSA) is 90.2 Å². The van der Waals surface area contributed by atoms with Crippen LogP contribution in [0.3, 0.4) is 0 Å². The van der Waals surface area contributed by atoms with Gasteiger partial charge in [-0.2, -0.15) is 4.98 Å². The highest BCUT2D eigenvalue weighted by Gasteiger charge is 2.33. The zero-order chi connectivity index (χ0) is 21.5. The van der Waals surface area contributed by atoms with Gasteiger partial charge < -0.3 is 9.64 Å². The fourth-order valence-corrected chi connectivity index (χ4v) is 5.96. The number of carbonyl (C=O) groups excluding carboxylic acids is 1. The first kappa shape index (κ1) is 20.5. The molecule has 31 heavy (non-hydrogen) atoms. The third-order valence-electron chi connectivity index (χ3n) is 6.24. The van der Waals surface area contributed by atoms with Gasteiger partial charge in [0.05, 0.1) is 18.3 Å². The maximum Gasteiger partial charge on any atom is 0.257 e. The Hall–Kier alpha value is -2.42. The predicted octanol–water partition coefficient (Wildman–Crippen LogP) is 2.25. The first-order valence-corrected chi connectivity index (χ1v) is 12.0. The summed E-state index contributed by atoms with van der Waals surface area (Å²) in [5.41, 5.74) is 2.75. The van der Waals surface area contributed by atoms with E-state index in [1.54, 1.807) is 16.3 Å². The molecule has 1 fully saturated rings. The summed E-state index contributed by atoms with van der Waals surface area (Å²) in [6.45, 7) is 5.04. The van der Waals surface area contributed by atoms with E-state index in [9.17, 15) is 9.59 Å². The molecule has 0 bridgehead atoms. The van der Waals surface area contributed by atoms with Crippen molar-refractivity contribution in [1.82, 2.24) is 24.4 Å². The van der Waals surface area contributed by atoms with E-state index in [1.165, 1.54) is 0 Å². The third kappa shape index (κ3) is 4.07. The Bertz CT molecular complexity index is 1070. The van der Waals surface area contributed by atoms with Crippen LogP contribution in [0.1, 0.15) is 54.5 Å². The second-order valence-electron chi connectivity index (χ2n) is 8.63. The summed E-state index contributed by atoms with van der Waals surface area (Å²) < 4.78 is 7.85. The lowest BCUT2D eigenvalue weighted by Gasteiger charge is -2.33. The molecule has 164 valence electrons. The fourth-order valence-electron chi connectivity index (χ4n) is 4.81. The zero-order valence-electron chi connectivity index (χ0n) is 18.0. The molecular weight excluding hydrogens is 414 g/mol. The molecule has 3 aliphatic rings. The van der Waals surface area contributed by atoms with E-state index in [0.717, 1.165) is 66.5 Å². The van der Waals surface area contributed by atoms with Crippen LogP contribution in [0.25, 0.3) is 0 Å². The SMILES string of the molecule is Cc1cc(OC2CCCN(C(=O)CC3CSc4nc5c(c(=O)n43)CCC5)C2)nc(C)n1. The van der Waals surface area contributed by atoms with Gasteiger partial charge in [0.15, 0.2) is 5.16 Å². The van der Waals surface area contributed by atoms with E-state index in [4.69, 9.17) is 9.72 Å². The lowest BCUT2D eigenvalue weighted by Crippen LogP contribution is -2.45. The summed E-state index contributed by atoms with van der Waals surface area (Å²) in [6, 6.07) is 1.71. The van der Waals surface area contributed by atoms with Crippen molar-refractivity contribution in [1.29, 1.82) is 0 Å². The molecule has 4 heterocycles. The molecular formula is C22H27N5O3S. The highest BCUT2D eigenvalue weighted by Crippen LogP contribution is 2.34. The Balaban J connectivity index is 1.26. The van der Waals surface area contributed by atoms with Crippen LogP contribution in [0.15, 0.2) is 16.0 Å². The van der Waals surface area contributed by atoms with Crippen molar-refractivity contribution >= 4 is 17.7 Å². The van der Waals surface area contributed by atoms with Crippen molar-refractivity contribution < 1.29 is 9.53 Å². The van der Waals surface area contributed by atoms with Crippen LogP contribution >= 0.6 is 11.8 Å². The molecule has 0 aromatic carbocycles. The van der Waals surface area contributed by atoms with Gasteiger partial charge >= 0.3 is 0 Å². The van der Waals surface area contributed by atoms with Crippen LogP contribution in [0.4, 0.5) is 0 Å². The number of hydrogen-bond donors (Lipinski definition) is 0. The van der Waals surface area contributed by atoms with E-state index in [1.807, 2.05) is 24.8 Å². The van der Waals surface area contributed by atoms with Crippen molar-refractivity contribution in [3.05, 3.63) is 39.2 Å². The lowest BCUT2D eigenvalue weighted by molar-refractivity contribution is -0.134. The number of aromatic nitrogens is 4. The maximum absolute atomic E-state index is 13.1. The van der Waals surface area contributed by atoms with Gasteiger partial charge in [-0.1, -0.05) is 11.8 Å². The van der Waals surface area contributed by atoms with E-state index in [2.05, 4.69) is 9.97 Å². The number of nitrogens with zero attached hydrogens (tertiary/aromatic N) is 5. The van der Waals surface area contributed by atoms with Crippen LogP contribution in [-0.4, -0.2) is 55.3 Å². The number of carbonyl (C=O) groups is 1. The normalized spacial score (nSPS) is 22.3. The molecule has 2 aromatic heterocycles. The average Bonchev–Trinajstić information content (AvgIpc) is 3.35. The molecule has 0 radical (unpaired) electrons. The summed E-state index contributed by atoms with van der Waals surface area (Å²) in [6.07, 6.45) is 4.73. The Labute approximate surface area is 185 Å². The van der Waals surface area contributed by atoms with Crippen molar-refractivity contribution in [2.45, 2.75) is 69.7 Å². The Kier molecular flexibility index (Phi) is 5.45. The molecule has 2 aromatic rings. The van der Waals surface area contributed by atoms with Crippen LogP contribution in [0, 0.1) is 13.8 Å². The molecule has 8 nitrogen and oxygen atoms in total. The molecule has 1 amide bonds. The number of hydrogen-bond acceptors (Lipinski definition) is 7. The van der Waals surface area contributed by atoms with Crippen LogP contribution < -0.4 is 10.3 Å². The minimum Gasteiger partial charge on any atom is -0.472 e. The van der Waals surface area contributed by atoms with Gasteiger partial charge in [-0.25, -0.2) is 9.97 Å². The number of aryl methyl sites for hydroxylation is 3. The van der Waals surface area contributed by atoms with E-state index < -0.39 is 0 Å². The van der Waals surface area contributed by atoms with Crippen molar-refractivity contribution in [2.75, 3.05) is 18.8 Å². The van der Waals surface area contributed by atoms with Gasteiger partial charge in [0.25, 0.3) is 5.56 Å². The summed E-state index contributed by atoms with van der Waals surface area (Å²) in [7, 11) is 0. The molecule has 2 aliphatic heterocycles. The number of likely N-dealkylation sites (tertiary alicyclic amines) is 1. The number of piperidine rings is 1. The standard InChI is InChI=1S/C22H27N5O3S/c1-13-9-19(24-14(2)23-13)30-16-5-4-8-26(11-16)20(28)10-15-12-31-22-25-18-7-3-6-17(18)21(29)27(15)22/h9,15-16H,3-8,10-12H2,1-2H3. The summed E-state index contributed by atoms with van der Waals surface area (Å²) in [4.78, 5) is 41.3.